The van der Waals surface area contributed by atoms with Crippen molar-refractivity contribution in [3.8, 4) is 0 Å². The Morgan fingerprint density at radius 1 is 1.12 bits per heavy atom. The van der Waals surface area contributed by atoms with Gasteiger partial charge in [0.05, 0.1) is 28.5 Å². The molecule has 0 bridgehead atoms. The van der Waals surface area contributed by atoms with Gasteiger partial charge < -0.3 is 9.64 Å². The molecular formula is C20H21ClN4O. The molecule has 4 rings (SSSR count). The molecule has 0 radical (unpaired) electrons. The number of halogens is 1. The molecule has 3 aromatic rings. The predicted octanol–water partition coefficient (Wildman–Crippen LogP) is 4.18. The van der Waals surface area contributed by atoms with Crippen LogP contribution in [0.15, 0.2) is 30.5 Å². The van der Waals surface area contributed by atoms with Gasteiger partial charge >= 0.3 is 0 Å². The first kappa shape index (κ1) is 17.2. The summed E-state index contributed by atoms with van der Waals surface area (Å²) < 4.78 is 5.99. The average Bonchev–Trinajstić information content (AvgIpc) is 2.63. The Morgan fingerprint density at radius 2 is 1.92 bits per heavy atom. The highest BCUT2D eigenvalue weighted by Gasteiger charge is 2.23. The molecule has 1 saturated heterocycles. The fraction of sp³-hybridized carbons (Fsp3) is 0.350. The largest absolute Gasteiger partial charge is 0.370 e. The molecule has 0 N–H and O–H groups in total. The third-order valence-corrected chi connectivity index (χ3v) is 5.13. The number of hydrogen-bond acceptors (Lipinski definition) is 5. The molecule has 1 aliphatic rings. The molecule has 1 atom stereocenters. The first-order chi connectivity index (χ1) is 12.5. The topological polar surface area (TPSA) is 51.1 Å². The van der Waals surface area contributed by atoms with Crippen molar-refractivity contribution in [3.05, 3.63) is 58.1 Å². The Hall–Kier alpha value is -2.24. The molecule has 134 valence electrons. The van der Waals surface area contributed by atoms with Crippen LogP contribution in [0.4, 0.5) is 5.69 Å². The molecule has 5 nitrogen and oxygen atoms in total. The molecule has 1 aliphatic heterocycles. The van der Waals surface area contributed by atoms with Crippen LogP contribution in [-0.2, 0) is 4.74 Å². The lowest BCUT2D eigenvalue weighted by molar-refractivity contribution is 0.0397. The lowest BCUT2D eigenvalue weighted by Gasteiger charge is -2.35. The zero-order chi connectivity index (χ0) is 18.3. The maximum absolute atomic E-state index is 6.51. The molecule has 6 heteroatoms. The molecule has 1 aromatic carbocycles. The van der Waals surface area contributed by atoms with Crippen LogP contribution in [0.25, 0.3) is 11.0 Å². The van der Waals surface area contributed by atoms with Crippen LogP contribution in [-0.4, -0.2) is 34.6 Å². The Bertz CT molecular complexity index is 975. The highest BCUT2D eigenvalue weighted by atomic mass is 35.5. The van der Waals surface area contributed by atoms with Gasteiger partial charge in [-0.1, -0.05) is 11.6 Å². The lowest BCUT2D eigenvalue weighted by Crippen LogP contribution is -2.38. The highest BCUT2D eigenvalue weighted by molar-refractivity contribution is 6.35. The van der Waals surface area contributed by atoms with E-state index in [2.05, 4.69) is 32.0 Å². The number of ether oxygens (including phenoxy) is 1. The average molecular weight is 369 g/mol. The van der Waals surface area contributed by atoms with Gasteiger partial charge in [0, 0.05) is 30.7 Å². The van der Waals surface area contributed by atoms with Gasteiger partial charge in [0.1, 0.15) is 11.6 Å². The monoisotopic (exact) mass is 368 g/mol. The van der Waals surface area contributed by atoms with Crippen molar-refractivity contribution in [2.24, 2.45) is 0 Å². The molecule has 1 fully saturated rings. The van der Waals surface area contributed by atoms with E-state index in [0.29, 0.717) is 11.6 Å². The summed E-state index contributed by atoms with van der Waals surface area (Å²) in [5.41, 5.74) is 6.63. The van der Waals surface area contributed by atoms with E-state index in [1.807, 2.05) is 39.1 Å². The molecule has 1 unspecified atom stereocenters. The van der Waals surface area contributed by atoms with Crippen molar-refractivity contribution < 1.29 is 4.74 Å². The second-order valence-electron chi connectivity index (χ2n) is 6.73. The van der Waals surface area contributed by atoms with E-state index in [1.54, 1.807) is 0 Å². The van der Waals surface area contributed by atoms with Crippen molar-refractivity contribution in [1.29, 1.82) is 0 Å². The SMILES string of the molecule is Cc1cc(C2CN(c3cc(Cl)c4nc(C)c(C)nc4c3)CCO2)ccn1. The number of aryl methyl sites for hydroxylation is 3. The van der Waals surface area contributed by atoms with Gasteiger partial charge in [-0.2, -0.15) is 0 Å². The quantitative estimate of drug-likeness (QED) is 0.679. The summed E-state index contributed by atoms with van der Waals surface area (Å²) in [7, 11) is 0. The molecular weight excluding hydrogens is 348 g/mol. The van der Waals surface area contributed by atoms with E-state index < -0.39 is 0 Å². The highest BCUT2D eigenvalue weighted by Crippen LogP contribution is 2.31. The van der Waals surface area contributed by atoms with Crippen LogP contribution >= 0.6 is 11.6 Å². The second-order valence-corrected chi connectivity index (χ2v) is 7.13. The molecule has 0 aliphatic carbocycles. The minimum Gasteiger partial charge on any atom is -0.370 e. The minimum absolute atomic E-state index is 0.0192. The Labute approximate surface area is 158 Å². The van der Waals surface area contributed by atoms with Gasteiger partial charge in [-0.05, 0) is 50.6 Å². The number of fused-ring (bicyclic) bond motifs is 1. The van der Waals surface area contributed by atoms with Gasteiger partial charge in [0.25, 0.3) is 0 Å². The van der Waals surface area contributed by atoms with Crippen LogP contribution in [0.2, 0.25) is 5.02 Å². The van der Waals surface area contributed by atoms with Crippen LogP contribution in [0.1, 0.15) is 28.7 Å². The Kier molecular flexibility index (Phi) is 4.51. The molecule has 0 amide bonds. The van der Waals surface area contributed by atoms with E-state index >= 15 is 0 Å². The number of rotatable bonds is 2. The molecule has 2 aromatic heterocycles. The van der Waals surface area contributed by atoms with Crippen LogP contribution in [0, 0.1) is 20.8 Å². The summed E-state index contributed by atoms with van der Waals surface area (Å²) >= 11 is 6.51. The zero-order valence-electron chi connectivity index (χ0n) is 15.2. The molecule has 26 heavy (non-hydrogen) atoms. The summed E-state index contributed by atoms with van der Waals surface area (Å²) in [4.78, 5) is 15.8. The third kappa shape index (κ3) is 3.24. The van der Waals surface area contributed by atoms with Crippen molar-refractivity contribution in [2.45, 2.75) is 26.9 Å². The summed E-state index contributed by atoms with van der Waals surface area (Å²) in [5, 5.41) is 0.635. The number of nitrogens with zero attached hydrogens (tertiary/aromatic N) is 4. The van der Waals surface area contributed by atoms with Gasteiger partial charge in [-0.3, -0.25) is 4.98 Å². The van der Waals surface area contributed by atoms with Crippen molar-refractivity contribution in [1.82, 2.24) is 15.0 Å². The number of morpholine rings is 1. The fourth-order valence-corrected chi connectivity index (χ4v) is 3.56. The van der Waals surface area contributed by atoms with Crippen molar-refractivity contribution in [2.75, 3.05) is 24.6 Å². The van der Waals surface area contributed by atoms with Crippen LogP contribution < -0.4 is 4.90 Å². The van der Waals surface area contributed by atoms with Crippen LogP contribution in [0.3, 0.4) is 0 Å². The van der Waals surface area contributed by atoms with Crippen molar-refractivity contribution >= 4 is 28.3 Å². The van der Waals surface area contributed by atoms with Crippen molar-refractivity contribution in [3.63, 3.8) is 0 Å². The standard InChI is InChI=1S/C20H21ClN4O/c1-12-8-15(4-5-22-12)19-11-25(6-7-26-19)16-9-17(21)20-18(10-16)23-13(2)14(3)24-20/h4-5,8-10,19H,6-7,11H2,1-3H3. The zero-order valence-corrected chi connectivity index (χ0v) is 15.9. The van der Waals surface area contributed by atoms with E-state index in [-0.39, 0.29) is 6.10 Å². The van der Waals surface area contributed by atoms with Gasteiger partial charge in [-0.15, -0.1) is 0 Å². The number of anilines is 1. The van der Waals surface area contributed by atoms with E-state index in [1.165, 1.54) is 0 Å². The normalized spacial score (nSPS) is 17.7. The number of benzene rings is 1. The number of aromatic nitrogens is 3. The summed E-state index contributed by atoms with van der Waals surface area (Å²) in [6.07, 6.45) is 1.85. The van der Waals surface area contributed by atoms with E-state index in [0.717, 1.165) is 52.5 Å². The summed E-state index contributed by atoms with van der Waals surface area (Å²) in [6.45, 7) is 8.18. The predicted molar refractivity (Wildman–Crippen MR) is 104 cm³/mol. The maximum Gasteiger partial charge on any atom is 0.108 e. The van der Waals surface area contributed by atoms with E-state index in [4.69, 9.17) is 16.3 Å². The summed E-state index contributed by atoms with van der Waals surface area (Å²) in [6, 6.07) is 8.15. The van der Waals surface area contributed by atoms with Gasteiger partial charge in [-0.25, -0.2) is 9.97 Å². The summed E-state index contributed by atoms with van der Waals surface area (Å²) in [5.74, 6) is 0. The van der Waals surface area contributed by atoms with Gasteiger partial charge in [0.2, 0.25) is 0 Å². The Morgan fingerprint density at radius 3 is 2.73 bits per heavy atom. The second kappa shape index (κ2) is 6.82. The molecule has 0 saturated carbocycles. The molecule has 0 spiro atoms. The first-order valence-electron chi connectivity index (χ1n) is 8.75. The smallest absolute Gasteiger partial charge is 0.108 e. The fourth-order valence-electron chi connectivity index (χ4n) is 3.31. The Balaban J connectivity index is 1.67. The minimum atomic E-state index is 0.0192. The maximum atomic E-state index is 6.51. The number of pyridine rings is 1. The lowest BCUT2D eigenvalue weighted by atomic mass is 10.1. The number of hydrogen-bond donors (Lipinski definition) is 0. The molecule has 3 heterocycles. The van der Waals surface area contributed by atoms with E-state index in [9.17, 15) is 0 Å². The van der Waals surface area contributed by atoms with Crippen LogP contribution in [0.5, 0.6) is 0 Å². The van der Waals surface area contributed by atoms with Gasteiger partial charge in [0.15, 0.2) is 0 Å². The third-order valence-electron chi connectivity index (χ3n) is 4.84. The first-order valence-corrected chi connectivity index (χ1v) is 9.12.